The monoisotopic (exact) mass is 506 g/mol. The van der Waals surface area contributed by atoms with E-state index in [-0.39, 0.29) is 13.2 Å². The summed E-state index contributed by atoms with van der Waals surface area (Å²) < 4.78 is 12.7. The van der Waals surface area contributed by atoms with Crippen LogP contribution in [0.4, 0.5) is 4.79 Å². The first kappa shape index (κ1) is 25.9. The fourth-order valence-electron chi connectivity index (χ4n) is 3.70. The number of hydrogen-bond donors (Lipinski definition) is 1. The van der Waals surface area contributed by atoms with Crippen molar-refractivity contribution >= 4 is 17.9 Å². The van der Waals surface area contributed by atoms with Gasteiger partial charge >= 0.3 is 6.09 Å². The first-order chi connectivity index (χ1) is 17.7. The van der Waals surface area contributed by atoms with E-state index in [1.807, 2.05) is 55.9 Å². The van der Waals surface area contributed by atoms with E-state index < -0.39 is 23.5 Å². The second-order valence-electron chi connectivity index (χ2n) is 9.43. The Kier molecular flexibility index (Phi) is 7.88. The van der Waals surface area contributed by atoms with E-state index >= 15 is 0 Å². The first-order valence-corrected chi connectivity index (χ1v) is 12.0. The predicted molar refractivity (Wildman–Crippen MR) is 135 cm³/mol. The van der Waals surface area contributed by atoms with Gasteiger partial charge < -0.3 is 14.8 Å². The summed E-state index contributed by atoms with van der Waals surface area (Å²) in [7, 11) is 0. The Bertz CT molecular complexity index is 1230. The number of nitrogens with one attached hydrogen (secondary N) is 1. The highest BCUT2D eigenvalue weighted by atomic mass is 16.7. The van der Waals surface area contributed by atoms with E-state index in [2.05, 4.69) is 10.4 Å². The molecule has 2 heterocycles. The number of hydrogen-bond acceptors (Lipinski definition) is 7. The van der Waals surface area contributed by atoms with Gasteiger partial charge in [0.05, 0.1) is 17.3 Å². The molecular formula is C27H30N4O6. The number of aryl methyl sites for hydroxylation is 1. The van der Waals surface area contributed by atoms with Crippen molar-refractivity contribution < 1.29 is 28.7 Å². The summed E-state index contributed by atoms with van der Waals surface area (Å²) in [6.07, 6.45) is 4.02. The second kappa shape index (κ2) is 11.3. The van der Waals surface area contributed by atoms with Gasteiger partial charge in [0.25, 0.3) is 11.8 Å². The zero-order valence-electron chi connectivity index (χ0n) is 21.1. The molecule has 3 aromatic rings. The molecule has 37 heavy (non-hydrogen) atoms. The molecule has 0 fully saturated rings. The molecule has 1 aromatic heterocycles. The highest BCUT2D eigenvalue weighted by Gasteiger charge is 2.36. The smallest absolute Gasteiger partial charge is 0.407 e. The van der Waals surface area contributed by atoms with Gasteiger partial charge in [0, 0.05) is 24.8 Å². The Morgan fingerprint density at radius 2 is 1.62 bits per heavy atom. The SMILES string of the molecule is CC(C)(C)OC(=O)NCCCn1cc(-c2ccc(OCCON3C(=O)c4ccccc4C3=O)cc2)cn1. The summed E-state index contributed by atoms with van der Waals surface area (Å²) in [5, 5.41) is 7.90. The quantitative estimate of drug-likeness (QED) is 0.326. The van der Waals surface area contributed by atoms with Crippen LogP contribution in [0.1, 0.15) is 47.9 Å². The Labute approximate surface area is 215 Å². The highest BCUT2D eigenvalue weighted by molar-refractivity contribution is 6.20. The minimum atomic E-state index is -0.517. The third kappa shape index (κ3) is 6.73. The summed E-state index contributed by atoms with van der Waals surface area (Å²) in [5.74, 6) is -0.301. The lowest BCUT2D eigenvalue weighted by Gasteiger charge is -2.19. The summed E-state index contributed by atoms with van der Waals surface area (Å²) >= 11 is 0. The molecule has 0 unspecified atom stereocenters. The predicted octanol–water partition coefficient (Wildman–Crippen LogP) is 4.07. The van der Waals surface area contributed by atoms with Crippen molar-refractivity contribution in [2.75, 3.05) is 19.8 Å². The number of amides is 3. The van der Waals surface area contributed by atoms with Gasteiger partial charge in [-0.25, -0.2) is 4.79 Å². The van der Waals surface area contributed by atoms with Gasteiger partial charge in [-0.1, -0.05) is 24.3 Å². The fourth-order valence-corrected chi connectivity index (χ4v) is 3.70. The second-order valence-corrected chi connectivity index (χ2v) is 9.43. The van der Waals surface area contributed by atoms with Gasteiger partial charge in [0.1, 0.15) is 24.6 Å². The molecule has 10 heteroatoms. The van der Waals surface area contributed by atoms with Gasteiger partial charge in [-0.2, -0.15) is 5.10 Å². The molecule has 2 aromatic carbocycles. The standard InChI is InChI=1S/C27H30N4O6/c1-27(2,3)37-26(34)28-13-6-14-30-18-20(17-29-30)19-9-11-21(12-10-19)35-15-16-36-31-24(32)22-7-4-5-8-23(22)25(31)33/h4-5,7-12,17-18H,6,13-16H2,1-3H3,(H,28,34). The molecule has 194 valence electrons. The minimum absolute atomic E-state index is 0.0444. The van der Waals surface area contributed by atoms with Gasteiger partial charge in [-0.15, -0.1) is 5.06 Å². The lowest BCUT2D eigenvalue weighted by Crippen LogP contribution is -2.33. The lowest BCUT2D eigenvalue weighted by atomic mass is 10.1. The molecule has 0 saturated heterocycles. The maximum atomic E-state index is 12.3. The average Bonchev–Trinajstić information content (AvgIpc) is 3.43. The van der Waals surface area contributed by atoms with Gasteiger partial charge in [-0.3, -0.25) is 19.1 Å². The van der Waals surface area contributed by atoms with Crippen molar-refractivity contribution in [1.82, 2.24) is 20.2 Å². The van der Waals surface area contributed by atoms with E-state index in [0.717, 1.165) is 22.6 Å². The van der Waals surface area contributed by atoms with Crippen LogP contribution < -0.4 is 10.1 Å². The molecule has 1 aliphatic heterocycles. The molecule has 0 saturated carbocycles. The van der Waals surface area contributed by atoms with Crippen molar-refractivity contribution in [1.29, 1.82) is 0 Å². The normalized spacial score (nSPS) is 13.0. The molecule has 0 atom stereocenters. The maximum Gasteiger partial charge on any atom is 0.407 e. The topological polar surface area (TPSA) is 112 Å². The van der Waals surface area contributed by atoms with Crippen LogP contribution in [0.25, 0.3) is 11.1 Å². The Morgan fingerprint density at radius 3 is 2.27 bits per heavy atom. The number of alkyl carbamates (subject to hydrolysis) is 1. The molecule has 3 amide bonds. The van der Waals surface area contributed by atoms with Crippen molar-refractivity contribution in [2.24, 2.45) is 0 Å². The Balaban J connectivity index is 1.18. The van der Waals surface area contributed by atoms with E-state index in [4.69, 9.17) is 14.3 Å². The zero-order valence-corrected chi connectivity index (χ0v) is 21.1. The summed E-state index contributed by atoms with van der Waals surface area (Å²) in [5.41, 5.74) is 2.10. The Morgan fingerprint density at radius 1 is 0.946 bits per heavy atom. The Hall–Kier alpha value is -4.18. The van der Waals surface area contributed by atoms with Crippen LogP contribution in [0.2, 0.25) is 0 Å². The highest BCUT2D eigenvalue weighted by Crippen LogP contribution is 2.24. The van der Waals surface area contributed by atoms with Crippen LogP contribution in [-0.2, 0) is 16.1 Å². The summed E-state index contributed by atoms with van der Waals surface area (Å²) in [6, 6.07) is 14.1. The summed E-state index contributed by atoms with van der Waals surface area (Å²) in [6.45, 7) is 6.84. The number of aromatic nitrogens is 2. The molecule has 10 nitrogen and oxygen atoms in total. The number of fused-ring (bicyclic) bond motifs is 1. The van der Waals surface area contributed by atoms with Crippen LogP contribution in [0, 0.1) is 0 Å². The third-order valence-corrected chi connectivity index (χ3v) is 5.38. The summed E-state index contributed by atoms with van der Waals surface area (Å²) in [4.78, 5) is 41.7. The number of benzene rings is 2. The molecule has 0 bridgehead atoms. The van der Waals surface area contributed by atoms with E-state index in [1.54, 1.807) is 30.5 Å². The van der Waals surface area contributed by atoms with Gasteiger partial charge in [-0.05, 0) is 57.0 Å². The average molecular weight is 507 g/mol. The molecule has 4 rings (SSSR count). The van der Waals surface area contributed by atoms with Crippen molar-refractivity contribution in [3.05, 3.63) is 72.1 Å². The molecule has 0 radical (unpaired) electrons. The zero-order chi connectivity index (χ0) is 26.4. The number of nitrogens with zero attached hydrogens (tertiary/aromatic N) is 3. The van der Waals surface area contributed by atoms with Crippen molar-refractivity contribution in [3.63, 3.8) is 0 Å². The molecule has 0 aliphatic carbocycles. The molecule has 1 N–H and O–H groups in total. The number of ether oxygens (including phenoxy) is 2. The fraction of sp³-hybridized carbons (Fsp3) is 0.333. The van der Waals surface area contributed by atoms with Crippen LogP contribution in [0.3, 0.4) is 0 Å². The number of hydroxylamine groups is 2. The van der Waals surface area contributed by atoms with E-state index in [9.17, 15) is 14.4 Å². The first-order valence-electron chi connectivity index (χ1n) is 12.0. The molecule has 1 aliphatic rings. The van der Waals surface area contributed by atoms with Crippen LogP contribution >= 0.6 is 0 Å². The largest absolute Gasteiger partial charge is 0.491 e. The van der Waals surface area contributed by atoms with Crippen molar-refractivity contribution in [2.45, 2.75) is 39.3 Å². The van der Waals surface area contributed by atoms with Crippen LogP contribution in [0.5, 0.6) is 5.75 Å². The maximum absolute atomic E-state index is 12.3. The minimum Gasteiger partial charge on any atom is -0.491 e. The lowest BCUT2D eigenvalue weighted by molar-refractivity contribution is -0.0976. The third-order valence-electron chi connectivity index (χ3n) is 5.38. The van der Waals surface area contributed by atoms with Crippen LogP contribution in [-0.4, -0.2) is 58.1 Å². The van der Waals surface area contributed by atoms with E-state index in [0.29, 0.717) is 30.0 Å². The molecule has 0 spiro atoms. The van der Waals surface area contributed by atoms with Gasteiger partial charge in [0.15, 0.2) is 0 Å². The van der Waals surface area contributed by atoms with Gasteiger partial charge in [0.2, 0.25) is 0 Å². The number of carbonyl (C=O) groups excluding carboxylic acids is 3. The molecular weight excluding hydrogens is 476 g/mol. The number of carbonyl (C=O) groups is 3. The van der Waals surface area contributed by atoms with Crippen LogP contribution in [0.15, 0.2) is 60.9 Å². The van der Waals surface area contributed by atoms with Crippen molar-refractivity contribution in [3.8, 4) is 16.9 Å². The number of imide groups is 1. The van der Waals surface area contributed by atoms with E-state index in [1.165, 1.54) is 0 Å². The number of rotatable bonds is 10.